The maximum atomic E-state index is 6.22. The van der Waals surface area contributed by atoms with E-state index in [4.69, 9.17) is 4.74 Å². The first-order valence-electron chi connectivity index (χ1n) is 12.1. The molecule has 2 atom stereocenters. The fraction of sp³-hybridized carbons (Fsp3) is 0.556. The number of benzene rings is 2. The third-order valence-electron chi connectivity index (χ3n) is 7.39. The first kappa shape index (κ1) is 20.1. The fourth-order valence-corrected chi connectivity index (χ4v) is 5.72. The topological polar surface area (TPSA) is 15.7 Å². The Kier molecular flexibility index (Phi) is 6.10. The summed E-state index contributed by atoms with van der Waals surface area (Å²) in [6.45, 7) is 9.10. The van der Waals surface area contributed by atoms with Gasteiger partial charge >= 0.3 is 0 Å². The second-order valence-corrected chi connectivity index (χ2v) is 9.51. The van der Waals surface area contributed by atoms with Crippen LogP contribution in [0.2, 0.25) is 0 Å². The average molecular weight is 405 g/mol. The van der Waals surface area contributed by atoms with E-state index >= 15 is 0 Å². The van der Waals surface area contributed by atoms with Gasteiger partial charge in [-0.05, 0) is 87.5 Å². The van der Waals surface area contributed by atoms with Gasteiger partial charge in [-0.2, -0.15) is 0 Å². The molecular weight excluding hydrogens is 368 g/mol. The molecule has 3 heterocycles. The van der Waals surface area contributed by atoms with Crippen molar-refractivity contribution in [1.82, 2.24) is 9.80 Å². The van der Waals surface area contributed by atoms with Crippen LogP contribution in [0.25, 0.3) is 0 Å². The van der Waals surface area contributed by atoms with Crippen LogP contribution in [0, 0.1) is 6.92 Å². The molecule has 0 bridgehead atoms. The van der Waals surface area contributed by atoms with E-state index in [1.54, 1.807) is 0 Å². The first-order valence-corrected chi connectivity index (χ1v) is 12.1. The summed E-state index contributed by atoms with van der Waals surface area (Å²) >= 11 is 0. The van der Waals surface area contributed by atoms with E-state index < -0.39 is 0 Å². The molecule has 2 unspecified atom stereocenters. The van der Waals surface area contributed by atoms with Gasteiger partial charge in [-0.25, -0.2) is 0 Å². The number of hydrogen-bond acceptors (Lipinski definition) is 3. The summed E-state index contributed by atoms with van der Waals surface area (Å²) < 4.78 is 6.22. The normalized spacial score (nSPS) is 24.4. The lowest BCUT2D eigenvalue weighted by molar-refractivity contribution is 0.204. The van der Waals surface area contributed by atoms with Crippen LogP contribution in [0.5, 0.6) is 5.75 Å². The quantitative estimate of drug-likeness (QED) is 0.589. The second-order valence-electron chi connectivity index (χ2n) is 9.51. The zero-order valence-electron chi connectivity index (χ0n) is 18.5. The summed E-state index contributed by atoms with van der Waals surface area (Å²) in [7, 11) is 0. The molecule has 3 aliphatic rings. The van der Waals surface area contributed by atoms with Crippen LogP contribution in [-0.4, -0.2) is 49.1 Å². The molecule has 0 N–H and O–H groups in total. The summed E-state index contributed by atoms with van der Waals surface area (Å²) in [6.07, 6.45) is 7.86. The number of aryl methyl sites for hydroxylation is 1. The molecule has 2 aromatic carbocycles. The summed E-state index contributed by atoms with van der Waals surface area (Å²) in [4.78, 5) is 5.30. The van der Waals surface area contributed by atoms with Gasteiger partial charge in [0.25, 0.3) is 0 Å². The summed E-state index contributed by atoms with van der Waals surface area (Å²) in [5, 5.41) is 0. The van der Waals surface area contributed by atoms with Crippen LogP contribution in [0.4, 0.5) is 0 Å². The Bertz CT molecular complexity index is 840. The maximum absolute atomic E-state index is 6.22. The largest absolute Gasteiger partial charge is 0.494 e. The van der Waals surface area contributed by atoms with E-state index in [0.29, 0.717) is 12.0 Å². The standard InChI is InChI=1S/C27H36N2O/c1-21-8-10-22(11-9-21)26-20-29-17-5-7-27(29)25-19-23(12-13-24(25)26)30-18-6-16-28-14-3-2-4-15-28/h8-13,19,26-27H,2-7,14-18,20H2,1H3. The van der Waals surface area contributed by atoms with Crippen LogP contribution in [-0.2, 0) is 0 Å². The molecule has 2 fully saturated rings. The smallest absolute Gasteiger partial charge is 0.119 e. The molecule has 3 heteroatoms. The van der Waals surface area contributed by atoms with Crippen LogP contribution >= 0.6 is 0 Å². The first-order chi connectivity index (χ1) is 14.8. The number of nitrogens with zero attached hydrogens (tertiary/aromatic N) is 2. The van der Waals surface area contributed by atoms with Gasteiger partial charge in [0.05, 0.1) is 6.61 Å². The highest BCUT2D eigenvalue weighted by Gasteiger charge is 2.36. The predicted octanol–water partition coefficient (Wildman–Crippen LogP) is 5.53. The van der Waals surface area contributed by atoms with E-state index in [-0.39, 0.29) is 0 Å². The maximum Gasteiger partial charge on any atom is 0.119 e. The number of likely N-dealkylation sites (tertiary alicyclic amines) is 1. The van der Waals surface area contributed by atoms with Crippen molar-refractivity contribution in [2.45, 2.75) is 57.4 Å². The summed E-state index contributed by atoms with van der Waals surface area (Å²) in [5.41, 5.74) is 5.81. The molecule has 0 saturated carbocycles. The van der Waals surface area contributed by atoms with E-state index in [9.17, 15) is 0 Å². The minimum Gasteiger partial charge on any atom is -0.494 e. The van der Waals surface area contributed by atoms with E-state index in [0.717, 1.165) is 25.3 Å². The zero-order valence-corrected chi connectivity index (χ0v) is 18.5. The molecule has 0 radical (unpaired) electrons. The highest BCUT2D eigenvalue weighted by molar-refractivity contribution is 5.46. The monoisotopic (exact) mass is 404 g/mol. The number of ether oxygens (including phenoxy) is 1. The summed E-state index contributed by atoms with van der Waals surface area (Å²) in [5.74, 6) is 1.53. The minimum absolute atomic E-state index is 0.475. The van der Waals surface area contributed by atoms with Crippen molar-refractivity contribution in [1.29, 1.82) is 0 Å². The Labute approximate surface area is 182 Å². The fourth-order valence-electron chi connectivity index (χ4n) is 5.72. The van der Waals surface area contributed by atoms with Crippen molar-refractivity contribution in [2.24, 2.45) is 0 Å². The van der Waals surface area contributed by atoms with Gasteiger partial charge in [0.1, 0.15) is 5.75 Å². The molecule has 0 aromatic heterocycles. The molecule has 2 saturated heterocycles. The van der Waals surface area contributed by atoms with Gasteiger partial charge in [-0.15, -0.1) is 0 Å². The van der Waals surface area contributed by atoms with Crippen molar-refractivity contribution in [2.75, 3.05) is 39.3 Å². The van der Waals surface area contributed by atoms with Crippen molar-refractivity contribution < 1.29 is 4.74 Å². The van der Waals surface area contributed by atoms with Crippen molar-refractivity contribution in [3.8, 4) is 5.75 Å². The number of hydrogen-bond donors (Lipinski definition) is 0. The van der Waals surface area contributed by atoms with Crippen LogP contribution < -0.4 is 4.74 Å². The molecule has 0 aliphatic carbocycles. The summed E-state index contributed by atoms with van der Waals surface area (Å²) in [6, 6.07) is 16.7. The Morgan fingerprint density at radius 3 is 2.57 bits per heavy atom. The lowest BCUT2D eigenvalue weighted by Gasteiger charge is -2.37. The molecule has 0 spiro atoms. The van der Waals surface area contributed by atoms with E-state index in [1.165, 1.54) is 80.5 Å². The van der Waals surface area contributed by atoms with E-state index in [2.05, 4.69) is 59.2 Å². The minimum atomic E-state index is 0.475. The Balaban J connectivity index is 1.29. The van der Waals surface area contributed by atoms with Gasteiger partial charge in [-0.3, -0.25) is 4.90 Å². The molecular formula is C27H36N2O. The highest BCUT2D eigenvalue weighted by Crippen LogP contribution is 2.45. The third kappa shape index (κ3) is 4.29. The van der Waals surface area contributed by atoms with Crippen molar-refractivity contribution in [3.63, 3.8) is 0 Å². The third-order valence-corrected chi connectivity index (χ3v) is 7.39. The molecule has 160 valence electrons. The lowest BCUT2D eigenvalue weighted by atomic mass is 9.81. The van der Waals surface area contributed by atoms with Gasteiger partial charge in [0.2, 0.25) is 0 Å². The number of fused-ring (bicyclic) bond motifs is 3. The lowest BCUT2D eigenvalue weighted by Crippen LogP contribution is -2.34. The van der Waals surface area contributed by atoms with Gasteiger partial charge in [0.15, 0.2) is 0 Å². The Morgan fingerprint density at radius 2 is 1.73 bits per heavy atom. The number of rotatable bonds is 6. The molecule has 30 heavy (non-hydrogen) atoms. The van der Waals surface area contributed by atoms with Crippen LogP contribution in [0.1, 0.15) is 72.7 Å². The van der Waals surface area contributed by atoms with Gasteiger partial charge in [0, 0.05) is 25.0 Å². The van der Waals surface area contributed by atoms with E-state index in [1.807, 2.05) is 0 Å². The number of piperidine rings is 1. The SMILES string of the molecule is Cc1ccc(C2CN3CCCC3c3cc(OCCCN4CCCCC4)ccc32)cc1. The average Bonchev–Trinajstić information content (AvgIpc) is 3.26. The molecule has 0 amide bonds. The highest BCUT2D eigenvalue weighted by atomic mass is 16.5. The molecule has 5 rings (SSSR count). The Hall–Kier alpha value is -1.84. The predicted molar refractivity (Wildman–Crippen MR) is 123 cm³/mol. The van der Waals surface area contributed by atoms with Crippen LogP contribution in [0.15, 0.2) is 42.5 Å². The molecule has 3 nitrogen and oxygen atoms in total. The van der Waals surface area contributed by atoms with Gasteiger partial charge < -0.3 is 9.64 Å². The zero-order chi connectivity index (χ0) is 20.3. The van der Waals surface area contributed by atoms with Gasteiger partial charge in [-0.1, -0.05) is 42.3 Å². The van der Waals surface area contributed by atoms with Crippen molar-refractivity contribution >= 4 is 0 Å². The second kappa shape index (κ2) is 9.11. The molecule has 3 aliphatic heterocycles. The molecule has 2 aromatic rings. The van der Waals surface area contributed by atoms with Crippen LogP contribution in [0.3, 0.4) is 0 Å². The van der Waals surface area contributed by atoms with Crippen molar-refractivity contribution in [3.05, 3.63) is 64.7 Å². The Morgan fingerprint density at radius 1 is 0.900 bits per heavy atom.